The van der Waals surface area contributed by atoms with E-state index in [4.69, 9.17) is 4.74 Å². The quantitative estimate of drug-likeness (QED) is 0.709. The number of benzene rings is 3. The zero-order valence-electron chi connectivity index (χ0n) is 15.0. The van der Waals surface area contributed by atoms with Gasteiger partial charge in [-0.05, 0) is 36.4 Å². The Balaban J connectivity index is 1.77. The third kappa shape index (κ3) is 4.95. The molecule has 5 heteroatoms. The lowest BCUT2D eigenvalue weighted by Crippen LogP contribution is -2.30. The molecule has 0 heterocycles. The van der Waals surface area contributed by atoms with Gasteiger partial charge in [0, 0.05) is 30.1 Å². The highest BCUT2D eigenvalue weighted by Crippen LogP contribution is 2.25. The minimum absolute atomic E-state index is 0.132. The summed E-state index contributed by atoms with van der Waals surface area (Å²) in [6.45, 7) is 1.31. The zero-order chi connectivity index (χ0) is 19.1. The minimum Gasteiger partial charge on any atom is -0.484 e. The fraction of sp³-hybridized carbons (Fsp3) is 0.0909. The Labute approximate surface area is 158 Å². The van der Waals surface area contributed by atoms with E-state index in [1.54, 1.807) is 29.2 Å². The second-order valence-corrected chi connectivity index (χ2v) is 5.90. The molecule has 3 aromatic carbocycles. The van der Waals surface area contributed by atoms with Crippen molar-refractivity contribution >= 4 is 28.9 Å². The fourth-order valence-corrected chi connectivity index (χ4v) is 2.67. The van der Waals surface area contributed by atoms with Crippen LogP contribution in [0.15, 0.2) is 84.9 Å². The predicted molar refractivity (Wildman–Crippen MR) is 106 cm³/mol. The van der Waals surface area contributed by atoms with Crippen molar-refractivity contribution in [3.8, 4) is 5.75 Å². The summed E-state index contributed by atoms with van der Waals surface area (Å²) in [4.78, 5) is 25.7. The van der Waals surface area contributed by atoms with Gasteiger partial charge in [-0.1, -0.05) is 42.5 Å². The molecule has 5 nitrogen and oxygen atoms in total. The van der Waals surface area contributed by atoms with E-state index >= 15 is 0 Å². The monoisotopic (exact) mass is 360 g/mol. The van der Waals surface area contributed by atoms with Gasteiger partial charge < -0.3 is 10.1 Å². The molecule has 0 radical (unpaired) electrons. The number of nitrogens with one attached hydrogen (secondary N) is 1. The first-order chi connectivity index (χ1) is 13.1. The average Bonchev–Trinajstić information content (AvgIpc) is 2.68. The van der Waals surface area contributed by atoms with E-state index in [0.717, 1.165) is 11.4 Å². The number of rotatable bonds is 6. The molecule has 0 aliphatic carbocycles. The number of para-hydroxylation sites is 2. The van der Waals surface area contributed by atoms with Crippen molar-refractivity contribution in [1.29, 1.82) is 0 Å². The van der Waals surface area contributed by atoms with E-state index in [0.29, 0.717) is 11.4 Å². The number of nitrogens with zero attached hydrogens (tertiary/aromatic N) is 1. The van der Waals surface area contributed by atoms with Gasteiger partial charge in [0.1, 0.15) is 5.75 Å². The SMILES string of the molecule is CC(=O)Nc1cccc(OCC(=O)N(c2ccccc2)c2ccccc2)c1. The normalized spacial score (nSPS) is 10.1. The third-order valence-electron chi connectivity index (χ3n) is 3.79. The molecular weight excluding hydrogens is 340 g/mol. The molecule has 0 unspecified atom stereocenters. The molecule has 136 valence electrons. The molecule has 3 aromatic rings. The minimum atomic E-state index is -0.197. The van der Waals surface area contributed by atoms with Gasteiger partial charge in [-0.25, -0.2) is 0 Å². The van der Waals surface area contributed by atoms with Gasteiger partial charge in [0.05, 0.1) is 0 Å². The lowest BCUT2D eigenvalue weighted by atomic mass is 10.2. The summed E-state index contributed by atoms with van der Waals surface area (Å²) in [5, 5.41) is 2.69. The molecule has 0 saturated carbocycles. The van der Waals surface area contributed by atoms with Crippen LogP contribution in [-0.4, -0.2) is 18.4 Å². The highest BCUT2D eigenvalue weighted by atomic mass is 16.5. The van der Waals surface area contributed by atoms with Crippen LogP contribution in [0.4, 0.5) is 17.1 Å². The number of carbonyl (C=O) groups is 2. The molecule has 0 saturated heterocycles. The van der Waals surface area contributed by atoms with Crippen LogP contribution in [0, 0.1) is 0 Å². The number of ether oxygens (including phenoxy) is 1. The molecule has 0 spiro atoms. The summed E-state index contributed by atoms with van der Waals surface area (Å²) in [7, 11) is 0. The molecule has 0 aliphatic heterocycles. The number of amides is 2. The lowest BCUT2D eigenvalue weighted by Gasteiger charge is -2.23. The van der Waals surface area contributed by atoms with E-state index in [1.807, 2.05) is 60.7 Å². The number of carbonyl (C=O) groups excluding carboxylic acids is 2. The van der Waals surface area contributed by atoms with Crippen molar-refractivity contribution in [2.45, 2.75) is 6.92 Å². The molecule has 0 bridgehead atoms. The van der Waals surface area contributed by atoms with Gasteiger partial charge in [-0.3, -0.25) is 14.5 Å². The van der Waals surface area contributed by atoms with Gasteiger partial charge >= 0.3 is 0 Å². The Morgan fingerprint density at radius 3 is 2.00 bits per heavy atom. The maximum absolute atomic E-state index is 12.9. The maximum Gasteiger partial charge on any atom is 0.269 e. The second-order valence-electron chi connectivity index (χ2n) is 5.90. The highest BCUT2D eigenvalue weighted by Gasteiger charge is 2.18. The molecule has 0 atom stereocenters. The molecule has 2 amide bonds. The first-order valence-electron chi connectivity index (χ1n) is 8.57. The van der Waals surface area contributed by atoms with E-state index in [2.05, 4.69) is 5.32 Å². The van der Waals surface area contributed by atoms with E-state index in [-0.39, 0.29) is 18.4 Å². The smallest absolute Gasteiger partial charge is 0.269 e. The largest absolute Gasteiger partial charge is 0.484 e. The van der Waals surface area contributed by atoms with Crippen LogP contribution in [0.25, 0.3) is 0 Å². The van der Waals surface area contributed by atoms with E-state index in [9.17, 15) is 9.59 Å². The number of anilines is 3. The molecule has 27 heavy (non-hydrogen) atoms. The molecule has 0 aromatic heterocycles. The van der Waals surface area contributed by atoms with Crippen LogP contribution in [0.2, 0.25) is 0 Å². The Hall–Kier alpha value is -3.60. The van der Waals surface area contributed by atoms with Gasteiger partial charge in [-0.15, -0.1) is 0 Å². The molecule has 0 aliphatic rings. The van der Waals surface area contributed by atoms with Crippen molar-refractivity contribution in [3.05, 3.63) is 84.9 Å². The Bertz CT molecular complexity index is 872. The zero-order valence-corrected chi connectivity index (χ0v) is 15.0. The summed E-state index contributed by atoms with van der Waals surface area (Å²) in [5.41, 5.74) is 2.16. The average molecular weight is 360 g/mol. The van der Waals surface area contributed by atoms with Crippen molar-refractivity contribution < 1.29 is 14.3 Å². The summed E-state index contributed by atoms with van der Waals surface area (Å²) in [6, 6.07) is 25.8. The van der Waals surface area contributed by atoms with Crippen molar-refractivity contribution in [1.82, 2.24) is 0 Å². The van der Waals surface area contributed by atoms with Crippen LogP contribution in [0.1, 0.15) is 6.92 Å². The Morgan fingerprint density at radius 2 is 1.44 bits per heavy atom. The Kier molecular flexibility index (Phi) is 5.84. The van der Waals surface area contributed by atoms with Gasteiger partial charge in [0.2, 0.25) is 5.91 Å². The van der Waals surface area contributed by atoms with Gasteiger partial charge in [0.25, 0.3) is 5.91 Å². The lowest BCUT2D eigenvalue weighted by molar-refractivity contribution is -0.120. The number of hydrogen-bond acceptors (Lipinski definition) is 3. The second kappa shape index (κ2) is 8.67. The summed E-state index contributed by atoms with van der Waals surface area (Å²) < 4.78 is 5.67. The highest BCUT2D eigenvalue weighted by molar-refractivity contribution is 6.01. The van der Waals surface area contributed by atoms with Gasteiger partial charge in [0.15, 0.2) is 6.61 Å². The van der Waals surface area contributed by atoms with Crippen molar-refractivity contribution in [3.63, 3.8) is 0 Å². The van der Waals surface area contributed by atoms with Crippen LogP contribution in [0.3, 0.4) is 0 Å². The van der Waals surface area contributed by atoms with Crippen LogP contribution >= 0.6 is 0 Å². The number of hydrogen-bond donors (Lipinski definition) is 1. The topological polar surface area (TPSA) is 58.6 Å². The summed E-state index contributed by atoms with van der Waals surface area (Å²) in [6.07, 6.45) is 0. The molecule has 0 fully saturated rings. The summed E-state index contributed by atoms with van der Waals surface area (Å²) >= 11 is 0. The van der Waals surface area contributed by atoms with Crippen molar-refractivity contribution in [2.75, 3.05) is 16.8 Å². The molecule has 1 N–H and O–H groups in total. The predicted octanol–water partition coefficient (Wildman–Crippen LogP) is 4.39. The van der Waals surface area contributed by atoms with Crippen molar-refractivity contribution in [2.24, 2.45) is 0 Å². The Morgan fingerprint density at radius 1 is 0.852 bits per heavy atom. The van der Waals surface area contributed by atoms with E-state index < -0.39 is 0 Å². The fourth-order valence-electron chi connectivity index (χ4n) is 2.67. The molecular formula is C22H20N2O3. The summed E-state index contributed by atoms with van der Waals surface area (Å²) in [5.74, 6) is 0.149. The maximum atomic E-state index is 12.9. The van der Waals surface area contributed by atoms with E-state index in [1.165, 1.54) is 6.92 Å². The first-order valence-corrected chi connectivity index (χ1v) is 8.57. The van der Waals surface area contributed by atoms with Crippen LogP contribution < -0.4 is 15.0 Å². The molecule has 3 rings (SSSR count). The van der Waals surface area contributed by atoms with Crippen LogP contribution in [-0.2, 0) is 9.59 Å². The first kappa shape index (κ1) is 18.2. The van der Waals surface area contributed by atoms with Crippen LogP contribution in [0.5, 0.6) is 5.75 Å². The van der Waals surface area contributed by atoms with Gasteiger partial charge in [-0.2, -0.15) is 0 Å². The standard InChI is InChI=1S/C22H20N2O3/c1-17(25)23-18-9-8-14-21(15-18)27-16-22(26)24(19-10-4-2-5-11-19)20-12-6-3-7-13-20/h2-15H,16H2,1H3,(H,23,25). The third-order valence-corrected chi connectivity index (χ3v) is 3.79.